The first-order valence-electron chi connectivity index (χ1n) is 8.46. The zero-order valence-corrected chi connectivity index (χ0v) is 14.8. The molecule has 0 spiro atoms. The minimum absolute atomic E-state index is 0.0355. The number of hydrogen-bond acceptors (Lipinski definition) is 4. The predicted molar refractivity (Wildman–Crippen MR) is 93.0 cm³/mol. The van der Waals surface area contributed by atoms with E-state index in [9.17, 15) is 13.2 Å². The molecule has 0 radical (unpaired) electrons. The lowest BCUT2D eigenvalue weighted by Crippen LogP contribution is -2.50. The molecule has 1 aromatic carbocycles. The number of piperazine rings is 1. The van der Waals surface area contributed by atoms with Crippen molar-refractivity contribution in [1.82, 2.24) is 9.21 Å². The fourth-order valence-electron chi connectivity index (χ4n) is 3.32. The second kappa shape index (κ2) is 7.38. The van der Waals surface area contributed by atoms with Gasteiger partial charge in [-0.25, -0.2) is 8.42 Å². The molecule has 0 saturated carbocycles. The number of nitriles is 1. The minimum atomic E-state index is -3.71. The Morgan fingerprint density at radius 1 is 1.20 bits per heavy atom. The Hall–Kier alpha value is -2.17. The summed E-state index contributed by atoms with van der Waals surface area (Å²) in [6.07, 6.45) is 6.75. The third kappa shape index (κ3) is 3.75. The number of rotatable bonds is 4. The molecule has 1 aliphatic carbocycles. The molecule has 0 unspecified atom stereocenters. The molecule has 1 atom stereocenters. The minimum Gasteiger partial charge on any atom is -0.340 e. The van der Waals surface area contributed by atoms with E-state index in [0.717, 1.165) is 12.8 Å². The predicted octanol–water partition coefficient (Wildman–Crippen LogP) is 1.75. The number of carbonyl (C=O) groups is 1. The number of amides is 1. The molecule has 2 aliphatic rings. The molecule has 1 amide bonds. The van der Waals surface area contributed by atoms with Gasteiger partial charge in [-0.3, -0.25) is 4.79 Å². The van der Waals surface area contributed by atoms with Crippen molar-refractivity contribution in [3.05, 3.63) is 42.0 Å². The molecule has 1 fully saturated rings. The highest BCUT2D eigenvalue weighted by Gasteiger charge is 2.32. The molecule has 1 aromatic rings. The fourth-order valence-corrected chi connectivity index (χ4v) is 4.88. The lowest BCUT2D eigenvalue weighted by atomic mass is 10.0. The second-order valence-electron chi connectivity index (χ2n) is 6.36. The van der Waals surface area contributed by atoms with Crippen molar-refractivity contribution in [1.29, 1.82) is 5.26 Å². The molecule has 25 heavy (non-hydrogen) atoms. The van der Waals surface area contributed by atoms with Crippen molar-refractivity contribution < 1.29 is 13.2 Å². The number of nitrogens with zero attached hydrogens (tertiary/aromatic N) is 3. The Morgan fingerprint density at radius 3 is 2.56 bits per heavy atom. The molecule has 1 saturated heterocycles. The van der Waals surface area contributed by atoms with Crippen LogP contribution in [0.2, 0.25) is 0 Å². The number of hydrogen-bond donors (Lipinski definition) is 0. The van der Waals surface area contributed by atoms with Crippen LogP contribution in [0, 0.1) is 17.2 Å². The van der Waals surface area contributed by atoms with E-state index >= 15 is 0 Å². The fraction of sp³-hybridized carbons (Fsp3) is 0.444. The van der Waals surface area contributed by atoms with Gasteiger partial charge in [-0.1, -0.05) is 24.3 Å². The summed E-state index contributed by atoms with van der Waals surface area (Å²) in [6.45, 7) is 1.30. The SMILES string of the molecule is N#Cc1ccccc1S(=O)(=O)N1CCN(C(=O)C[C@@H]2C=CCC2)CC1. The zero-order chi connectivity index (χ0) is 17.9. The number of allylic oxidation sites excluding steroid dienone is 2. The third-order valence-electron chi connectivity index (χ3n) is 4.77. The van der Waals surface area contributed by atoms with Gasteiger partial charge >= 0.3 is 0 Å². The van der Waals surface area contributed by atoms with Crippen LogP contribution in [0.25, 0.3) is 0 Å². The van der Waals surface area contributed by atoms with Crippen molar-refractivity contribution in [2.24, 2.45) is 5.92 Å². The van der Waals surface area contributed by atoms with Crippen LogP contribution in [0.4, 0.5) is 0 Å². The average Bonchev–Trinajstić information content (AvgIpc) is 3.14. The van der Waals surface area contributed by atoms with Gasteiger partial charge in [-0.05, 0) is 30.9 Å². The molecule has 1 heterocycles. The van der Waals surface area contributed by atoms with E-state index in [0.29, 0.717) is 25.4 Å². The summed E-state index contributed by atoms with van der Waals surface area (Å²) in [4.78, 5) is 14.1. The Kier molecular flexibility index (Phi) is 5.21. The Morgan fingerprint density at radius 2 is 1.92 bits per heavy atom. The molecule has 3 rings (SSSR count). The van der Waals surface area contributed by atoms with E-state index < -0.39 is 10.0 Å². The van der Waals surface area contributed by atoms with Crippen LogP contribution in [0.1, 0.15) is 24.8 Å². The molecule has 0 N–H and O–H groups in total. The summed E-state index contributed by atoms with van der Waals surface area (Å²) in [6, 6.07) is 8.15. The van der Waals surface area contributed by atoms with E-state index in [1.165, 1.54) is 16.4 Å². The smallest absolute Gasteiger partial charge is 0.244 e. The van der Waals surface area contributed by atoms with Crippen LogP contribution >= 0.6 is 0 Å². The summed E-state index contributed by atoms with van der Waals surface area (Å²) >= 11 is 0. The highest BCUT2D eigenvalue weighted by atomic mass is 32.2. The first-order chi connectivity index (χ1) is 12.0. The lowest BCUT2D eigenvalue weighted by molar-refractivity contribution is -0.133. The van der Waals surface area contributed by atoms with Crippen LogP contribution < -0.4 is 0 Å². The molecule has 7 heteroatoms. The van der Waals surface area contributed by atoms with Gasteiger partial charge in [-0.2, -0.15) is 9.57 Å². The topological polar surface area (TPSA) is 81.5 Å². The number of sulfonamides is 1. The monoisotopic (exact) mass is 359 g/mol. The van der Waals surface area contributed by atoms with Crippen molar-refractivity contribution in [3.8, 4) is 6.07 Å². The first-order valence-corrected chi connectivity index (χ1v) is 9.90. The molecular formula is C18H21N3O3S. The normalized spacial score (nSPS) is 21.2. The average molecular weight is 359 g/mol. The highest BCUT2D eigenvalue weighted by Crippen LogP contribution is 2.23. The number of benzene rings is 1. The quantitative estimate of drug-likeness (QED) is 0.767. The Bertz CT molecular complexity index is 818. The van der Waals surface area contributed by atoms with Crippen LogP contribution in [0.3, 0.4) is 0 Å². The summed E-state index contributed by atoms with van der Waals surface area (Å²) in [5.41, 5.74) is 0.147. The van der Waals surface area contributed by atoms with Gasteiger partial charge in [0, 0.05) is 32.6 Å². The van der Waals surface area contributed by atoms with Crippen LogP contribution in [-0.2, 0) is 14.8 Å². The maximum Gasteiger partial charge on any atom is 0.244 e. The lowest BCUT2D eigenvalue weighted by Gasteiger charge is -2.34. The van der Waals surface area contributed by atoms with Gasteiger partial charge in [0.2, 0.25) is 15.9 Å². The largest absolute Gasteiger partial charge is 0.340 e. The van der Waals surface area contributed by atoms with Gasteiger partial charge in [0.1, 0.15) is 6.07 Å². The molecule has 6 nitrogen and oxygen atoms in total. The molecular weight excluding hydrogens is 338 g/mol. The molecule has 1 aliphatic heterocycles. The van der Waals surface area contributed by atoms with Crippen LogP contribution in [0.5, 0.6) is 0 Å². The summed E-state index contributed by atoms with van der Waals surface area (Å²) in [7, 11) is -3.71. The highest BCUT2D eigenvalue weighted by molar-refractivity contribution is 7.89. The Labute approximate surface area is 148 Å². The number of carbonyl (C=O) groups excluding carboxylic acids is 1. The summed E-state index contributed by atoms with van der Waals surface area (Å²) in [5, 5.41) is 9.14. The maximum atomic E-state index is 12.8. The first kappa shape index (κ1) is 17.6. The van der Waals surface area contributed by atoms with Crippen molar-refractivity contribution in [2.75, 3.05) is 26.2 Å². The molecule has 0 bridgehead atoms. The van der Waals surface area contributed by atoms with Crippen molar-refractivity contribution in [2.45, 2.75) is 24.2 Å². The zero-order valence-electron chi connectivity index (χ0n) is 14.0. The van der Waals surface area contributed by atoms with E-state index in [1.807, 2.05) is 6.07 Å². The van der Waals surface area contributed by atoms with E-state index in [2.05, 4.69) is 12.2 Å². The standard InChI is InChI=1S/C18H21N3O3S/c19-14-16-7-3-4-8-17(16)25(23,24)21-11-9-20(10-12-21)18(22)13-15-5-1-2-6-15/h1,3-5,7-8,15H,2,6,9-13H2/t15-/m1/s1. The van der Waals surface area contributed by atoms with Gasteiger partial charge in [0.25, 0.3) is 0 Å². The Balaban J connectivity index is 1.64. The van der Waals surface area contributed by atoms with Crippen molar-refractivity contribution in [3.63, 3.8) is 0 Å². The van der Waals surface area contributed by atoms with Crippen molar-refractivity contribution >= 4 is 15.9 Å². The summed E-state index contributed by atoms with van der Waals surface area (Å²) < 4.78 is 26.9. The van der Waals surface area contributed by atoms with Crippen LogP contribution in [0.15, 0.2) is 41.3 Å². The third-order valence-corrected chi connectivity index (χ3v) is 6.72. The summed E-state index contributed by atoms with van der Waals surface area (Å²) in [5.74, 6) is 0.405. The van der Waals surface area contributed by atoms with E-state index in [4.69, 9.17) is 5.26 Å². The second-order valence-corrected chi connectivity index (χ2v) is 8.27. The van der Waals surface area contributed by atoms with Gasteiger partial charge in [0.15, 0.2) is 0 Å². The van der Waals surface area contributed by atoms with Gasteiger partial charge in [-0.15, -0.1) is 0 Å². The van der Waals surface area contributed by atoms with E-state index in [-0.39, 0.29) is 29.5 Å². The van der Waals surface area contributed by atoms with Crippen LogP contribution in [-0.4, -0.2) is 49.7 Å². The molecule has 0 aromatic heterocycles. The van der Waals surface area contributed by atoms with Gasteiger partial charge < -0.3 is 4.90 Å². The van der Waals surface area contributed by atoms with Gasteiger partial charge in [0.05, 0.1) is 10.5 Å². The maximum absolute atomic E-state index is 12.8. The van der Waals surface area contributed by atoms with E-state index in [1.54, 1.807) is 17.0 Å². The molecule has 132 valence electrons.